The highest BCUT2D eigenvalue weighted by molar-refractivity contribution is 9.10. The number of benzene rings is 2. The van der Waals surface area contributed by atoms with E-state index in [0.29, 0.717) is 5.75 Å². The molecule has 0 aliphatic carbocycles. The van der Waals surface area contributed by atoms with Gasteiger partial charge in [0.2, 0.25) is 0 Å². The van der Waals surface area contributed by atoms with Crippen molar-refractivity contribution in [1.29, 1.82) is 0 Å². The SMILES string of the molecule is COc1ccc(Br)cc1C=Cc1ccc(OC(F)(F)F)cc1. The van der Waals surface area contributed by atoms with Crippen LogP contribution in [0.4, 0.5) is 13.2 Å². The lowest BCUT2D eigenvalue weighted by Gasteiger charge is -2.08. The van der Waals surface area contributed by atoms with Gasteiger partial charge in [0, 0.05) is 10.0 Å². The van der Waals surface area contributed by atoms with Crippen LogP contribution in [0.1, 0.15) is 11.1 Å². The largest absolute Gasteiger partial charge is 0.573 e. The second kappa shape index (κ2) is 6.87. The summed E-state index contributed by atoms with van der Waals surface area (Å²) in [6.45, 7) is 0. The lowest BCUT2D eigenvalue weighted by Crippen LogP contribution is -2.16. The highest BCUT2D eigenvalue weighted by Crippen LogP contribution is 2.26. The first-order chi connectivity index (χ1) is 10.4. The Morgan fingerprint density at radius 2 is 1.68 bits per heavy atom. The van der Waals surface area contributed by atoms with Crippen LogP contribution >= 0.6 is 15.9 Å². The van der Waals surface area contributed by atoms with E-state index in [0.717, 1.165) is 15.6 Å². The van der Waals surface area contributed by atoms with E-state index in [1.807, 2.05) is 24.3 Å². The van der Waals surface area contributed by atoms with Gasteiger partial charge < -0.3 is 9.47 Å². The van der Waals surface area contributed by atoms with Crippen LogP contribution < -0.4 is 9.47 Å². The molecule has 2 nitrogen and oxygen atoms in total. The normalized spacial score (nSPS) is 11.7. The molecule has 0 atom stereocenters. The van der Waals surface area contributed by atoms with E-state index >= 15 is 0 Å². The van der Waals surface area contributed by atoms with Crippen molar-refractivity contribution in [3.05, 3.63) is 58.1 Å². The van der Waals surface area contributed by atoms with Crippen LogP contribution in [-0.2, 0) is 0 Å². The Balaban J connectivity index is 2.15. The van der Waals surface area contributed by atoms with Crippen LogP contribution in [0.2, 0.25) is 0 Å². The fourth-order valence-electron chi connectivity index (χ4n) is 1.80. The standard InChI is InChI=1S/C16H12BrF3O2/c1-21-15-9-6-13(17)10-12(15)5-2-11-3-7-14(8-4-11)22-16(18,19)20/h2-10H,1H3. The van der Waals surface area contributed by atoms with Crippen molar-refractivity contribution in [3.63, 3.8) is 0 Å². The van der Waals surface area contributed by atoms with Crippen LogP contribution in [0.5, 0.6) is 11.5 Å². The zero-order chi connectivity index (χ0) is 16.2. The highest BCUT2D eigenvalue weighted by atomic mass is 79.9. The summed E-state index contributed by atoms with van der Waals surface area (Å²) in [6.07, 6.45) is -1.08. The summed E-state index contributed by atoms with van der Waals surface area (Å²) in [4.78, 5) is 0. The Hall–Kier alpha value is -1.95. The molecule has 0 aliphatic rings. The third kappa shape index (κ3) is 4.80. The minimum atomic E-state index is -4.68. The van der Waals surface area contributed by atoms with E-state index in [2.05, 4.69) is 20.7 Å². The van der Waals surface area contributed by atoms with Gasteiger partial charge in [-0.25, -0.2) is 0 Å². The fraction of sp³-hybridized carbons (Fsp3) is 0.125. The van der Waals surface area contributed by atoms with Crippen LogP contribution in [0, 0.1) is 0 Å². The molecule has 0 unspecified atom stereocenters. The molecule has 0 aromatic heterocycles. The lowest BCUT2D eigenvalue weighted by molar-refractivity contribution is -0.274. The number of alkyl halides is 3. The molecule has 0 spiro atoms. The van der Waals surface area contributed by atoms with Crippen LogP contribution in [0.3, 0.4) is 0 Å². The van der Waals surface area contributed by atoms with Crippen molar-refractivity contribution < 1.29 is 22.6 Å². The van der Waals surface area contributed by atoms with Gasteiger partial charge in [-0.2, -0.15) is 0 Å². The van der Waals surface area contributed by atoms with Crippen molar-refractivity contribution in [1.82, 2.24) is 0 Å². The molecule has 2 aromatic rings. The summed E-state index contributed by atoms with van der Waals surface area (Å²) in [5, 5.41) is 0. The maximum Gasteiger partial charge on any atom is 0.573 e. The molecule has 0 heterocycles. The maximum atomic E-state index is 12.1. The Labute approximate surface area is 134 Å². The summed E-state index contributed by atoms with van der Waals surface area (Å²) in [5.41, 5.74) is 1.60. The van der Waals surface area contributed by atoms with Crippen LogP contribution in [0.25, 0.3) is 12.2 Å². The molecular weight excluding hydrogens is 361 g/mol. The van der Waals surface area contributed by atoms with Gasteiger partial charge in [-0.15, -0.1) is 13.2 Å². The van der Waals surface area contributed by atoms with Crippen molar-refractivity contribution >= 4 is 28.1 Å². The van der Waals surface area contributed by atoms with E-state index in [9.17, 15) is 13.2 Å². The molecule has 2 aromatic carbocycles. The number of hydrogen-bond acceptors (Lipinski definition) is 2. The predicted octanol–water partition coefficient (Wildman–Crippen LogP) is 5.53. The molecule has 0 aliphatic heterocycles. The van der Waals surface area contributed by atoms with E-state index in [4.69, 9.17) is 4.74 Å². The molecule has 22 heavy (non-hydrogen) atoms. The summed E-state index contributed by atoms with van der Waals surface area (Å²) in [7, 11) is 1.57. The smallest absolute Gasteiger partial charge is 0.496 e. The average molecular weight is 373 g/mol. The van der Waals surface area contributed by atoms with Gasteiger partial charge in [-0.1, -0.05) is 40.2 Å². The fourth-order valence-corrected chi connectivity index (χ4v) is 2.18. The van der Waals surface area contributed by atoms with Crippen molar-refractivity contribution in [2.75, 3.05) is 7.11 Å². The van der Waals surface area contributed by atoms with Gasteiger partial charge in [-0.05, 0) is 35.9 Å². The summed E-state index contributed by atoms with van der Waals surface area (Å²) in [5.74, 6) is 0.459. The van der Waals surface area contributed by atoms with E-state index < -0.39 is 6.36 Å². The number of halogens is 4. The van der Waals surface area contributed by atoms with E-state index in [1.165, 1.54) is 12.1 Å². The van der Waals surface area contributed by atoms with Crippen molar-refractivity contribution in [2.45, 2.75) is 6.36 Å². The van der Waals surface area contributed by atoms with Gasteiger partial charge in [-0.3, -0.25) is 0 Å². The first-order valence-electron chi connectivity index (χ1n) is 6.25. The van der Waals surface area contributed by atoms with Crippen molar-refractivity contribution in [2.24, 2.45) is 0 Å². The van der Waals surface area contributed by atoms with Gasteiger partial charge in [0.25, 0.3) is 0 Å². The molecule has 0 N–H and O–H groups in total. The molecule has 0 saturated carbocycles. The molecule has 0 amide bonds. The van der Waals surface area contributed by atoms with Crippen LogP contribution in [0.15, 0.2) is 46.9 Å². The quantitative estimate of drug-likeness (QED) is 0.657. The molecule has 0 fully saturated rings. The minimum absolute atomic E-state index is 0.246. The minimum Gasteiger partial charge on any atom is -0.496 e. The number of ether oxygens (including phenoxy) is 2. The van der Waals surface area contributed by atoms with Gasteiger partial charge in [0.1, 0.15) is 11.5 Å². The monoisotopic (exact) mass is 372 g/mol. The lowest BCUT2D eigenvalue weighted by atomic mass is 10.1. The Bertz CT molecular complexity index is 664. The van der Waals surface area contributed by atoms with Crippen molar-refractivity contribution in [3.8, 4) is 11.5 Å². The average Bonchev–Trinajstić information content (AvgIpc) is 2.45. The molecule has 6 heteroatoms. The second-order valence-electron chi connectivity index (χ2n) is 4.34. The van der Waals surface area contributed by atoms with E-state index in [-0.39, 0.29) is 5.75 Å². The molecular formula is C16H12BrF3O2. The first-order valence-corrected chi connectivity index (χ1v) is 7.04. The molecule has 0 bridgehead atoms. The zero-order valence-corrected chi connectivity index (χ0v) is 13.1. The highest BCUT2D eigenvalue weighted by Gasteiger charge is 2.30. The second-order valence-corrected chi connectivity index (χ2v) is 5.25. The molecule has 0 radical (unpaired) electrons. The Kier molecular flexibility index (Phi) is 5.13. The summed E-state index contributed by atoms with van der Waals surface area (Å²) < 4.78 is 46.2. The Morgan fingerprint density at radius 1 is 1.00 bits per heavy atom. The molecule has 116 valence electrons. The predicted molar refractivity (Wildman–Crippen MR) is 82.7 cm³/mol. The Morgan fingerprint density at radius 3 is 2.27 bits per heavy atom. The van der Waals surface area contributed by atoms with E-state index in [1.54, 1.807) is 25.3 Å². The summed E-state index contributed by atoms with van der Waals surface area (Å²) >= 11 is 3.38. The van der Waals surface area contributed by atoms with Gasteiger partial charge >= 0.3 is 6.36 Å². The zero-order valence-electron chi connectivity index (χ0n) is 11.5. The molecule has 2 rings (SSSR count). The van der Waals surface area contributed by atoms with Gasteiger partial charge in [0.15, 0.2) is 0 Å². The summed E-state index contributed by atoms with van der Waals surface area (Å²) in [6, 6.07) is 11.2. The maximum absolute atomic E-state index is 12.1. The molecule has 0 saturated heterocycles. The number of methoxy groups -OCH3 is 1. The number of hydrogen-bond donors (Lipinski definition) is 0. The number of rotatable bonds is 4. The topological polar surface area (TPSA) is 18.5 Å². The first kappa shape index (κ1) is 16.4. The third-order valence-electron chi connectivity index (χ3n) is 2.76. The van der Waals surface area contributed by atoms with Crippen LogP contribution in [-0.4, -0.2) is 13.5 Å². The third-order valence-corrected chi connectivity index (χ3v) is 3.25. The van der Waals surface area contributed by atoms with Gasteiger partial charge in [0.05, 0.1) is 7.11 Å².